The highest BCUT2D eigenvalue weighted by atomic mass is 16.5. The number of aliphatic hydroxyl groups is 2. The Labute approximate surface area is 518 Å². The molecule has 2 atom stereocenters. The molecule has 0 heterocycles. The van der Waals surface area contributed by atoms with Crippen LogP contribution in [0.2, 0.25) is 0 Å². The molecule has 2 unspecified atom stereocenters. The number of unbranched alkanes of at least 4 members (excludes halogenated alkanes) is 53. The molecule has 0 radical (unpaired) electrons. The molecule has 0 aromatic heterocycles. The second kappa shape index (κ2) is 72.3. The van der Waals surface area contributed by atoms with Gasteiger partial charge in [0.25, 0.3) is 0 Å². The molecule has 83 heavy (non-hydrogen) atoms. The third-order valence-electron chi connectivity index (χ3n) is 17.3. The van der Waals surface area contributed by atoms with E-state index in [2.05, 4.69) is 55.6 Å². The van der Waals surface area contributed by atoms with Crippen molar-refractivity contribution in [2.75, 3.05) is 13.2 Å². The van der Waals surface area contributed by atoms with Crippen molar-refractivity contribution in [3.63, 3.8) is 0 Å². The summed E-state index contributed by atoms with van der Waals surface area (Å²) in [6, 6.07) is -0.629. The van der Waals surface area contributed by atoms with Crippen LogP contribution in [0, 0.1) is 0 Å². The first-order chi connectivity index (χ1) is 41.0. The number of rotatable bonds is 70. The first-order valence-electron chi connectivity index (χ1n) is 37.4. The van der Waals surface area contributed by atoms with Crippen molar-refractivity contribution in [1.29, 1.82) is 0 Å². The molecule has 0 fully saturated rings. The van der Waals surface area contributed by atoms with Crippen LogP contribution in [0.15, 0.2) is 48.6 Å². The van der Waals surface area contributed by atoms with Crippen molar-refractivity contribution < 1.29 is 24.5 Å². The van der Waals surface area contributed by atoms with Crippen molar-refractivity contribution >= 4 is 11.9 Å². The smallest absolute Gasteiger partial charge is 0.305 e. The molecule has 0 saturated heterocycles. The maximum Gasteiger partial charge on any atom is 0.305 e. The molecule has 0 aliphatic heterocycles. The summed E-state index contributed by atoms with van der Waals surface area (Å²) in [6.07, 6.45) is 94.9. The lowest BCUT2D eigenvalue weighted by Gasteiger charge is -2.20. The average molecular weight is 1170 g/mol. The van der Waals surface area contributed by atoms with Crippen LogP contribution in [0.25, 0.3) is 0 Å². The molecule has 3 N–H and O–H groups in total. The van der Waals surface area contributed by atoms with E-state index >= 15 is 0 Å². The fourth-order valence-corrected chi connectivity index (χ4v) is 11.6. The van der Waals surface area contributed by atoms with E-state index in [9.17, 15) is 19.8 Å². The van der Waals surface area contributed by atoms with Gasteiger partial charge in [-0.2, -0.15) is 0 Å². The third kappa shape index (κ3) is 68.8. The van der Waals surface area contributed by atoms with Gasteiger partial charge in [0.1, 0.15) is 0 Å². The van der Waals surface area contributed by atoms with E-state index < -0.39 is 12.1 Å². The Balaban J connectivity index is 3.39. The van der Waals surface area contributed by atoms with Crippen LogP contribution in [-0.2, 0) is 14.3 Å². The van der Waals surface area contributed by atoms with Crippen LogP contribution in [0.5, 0.6) is 0 Å². The number of amides is 1. The molecule has 6 heteroatoms. The number of ether oxygens (including phenoxy) is 1. The normalized spacial score (nSPS) is 12.8. The van der Waals surface area contributed by atoms with Crippen LogP contribution in [0.1, 0.15) is 406 Å². The molecule has 0 spiro atoms. The van der Waals surface area contributed by atoms with Gasteiger partial charge >= 0.3 is 5.97 Å². The number of carbonyl (C=O) groups is 2. The number of esters is 1. The Morgan fingerprint density at radius 3 is 0.940 bits per heavy atom. The van der Waals surface area contributed by atoms with Crippen LogP contribution in [0.3, 0.4) is 0 Å². The van der Waals surface area contributed by atoms with Gasteiger partial charge in [0, 0.05) is 12.8 Å². The molecule has 0 saturated carbocycles. The molecule has 0 aromatic rings. The zero-order chi connectivity index (χ0) is 59.9. The maximum atomic E-state index is 12.5. The van der Waals surface area contributed by atoms with Crippen LogP contribution in [-0.4, -0.2) is 47.4 Å². The molecule has 0 bridgehead atoms. The number of nitrogens with one attached hydrogen (secondary N) is 1. The van der Waals surface area contributed by atoms with Crippen LogP contribution >= 0.6 is 0 Å². The van der Waals surface area contributed by atoms with E-state index in [0.29, 0.717) is 19.4 Å². The highest BCUT2D eigenvalue weighted by molar-refractivity contribution is 5.76. The fraction of sp³-hybridized carbons (Fsp3) is 0.870. The van der Waals surface area contributed by atoms with E-state index in [1.165, 1.54) is 327 Å². The van der Waals surface area contributed by atoms with E-state index in [1.807, 2.05) is 6.08 Å². The first kappa shape index (κ1) is 80.8. The molecule has 0 rings (SSSR count). The minimum absolute atomic E-state index is 0.00916. The van der Waals surface area contributed by atoms with Crippen molar-refractivity contribution in [3.05, 3.63) is 48.6 Å². The Kier molecular flexibility index (Phi) is 70.4. The number of carbonyl (C=O) groups excluding carboxylic acids is 2. The van der Waals surface area contributed by atoms with Crippen LogP contribution < -0.4 is 5.32 Å². The minimum Gasteiger partial charge on any atom is -0.466 e. The molecule has 0 aliphatic carbocycles. The second-order valence-electron chi connectivity index (χ2n) is 25.6. The van der Waals surface area contributed by atoms with Crippen LogP contribution in [0.4, 0.5) is 0 Å². The summed E-state index contributed by atoms with van der Waals surface area (Å²) in [5.41, 5.74) is 0. The van der Waals surface area contributed by atoms with Crippen molar-refractivity contribution in [2.24, 2.45) is 0 Å². The SMILES string of the molecule is CCCCCC/C=C\C/C=C\CCCCCCCCCC(=O)OCCCCCCCCCCCCCC/C=C\CCCCCCCCCCCCCCCC(=O)NC(CO)C(O)/C=C/CCCCCCCCCCCCCCCCCCC. The highest BCUT2D eigenvalue weighted by Gasteiger charge is 2.18. The largest absolute Gasteiger partial charge is 0.466 e. The Morgan fingerprint density at radius 2 is 0.602 bits per heavy atom. The van der Waals surface area contributed by atoms with Gasteiger partial charge in [-0.25, -0.2) is 0 Å². The number of aliphatic hydroxyl groups excluding tert-OH is 2. The summed E-state index contributed by atoms with van der Waals surface area (Å²) in [4.78, 5) is 24.6. The van der Waals surface area contributed by atoms with E-state index in [0.717, 1.165) is 51.4 Å². The van der Waals surface area contributed by atoms with Gasteiger partial charge in [-0.3, -0.25) is 9.59 Å². The summed E-state index contributed by atoms with van der Waals surface area (Å²) in [7, 11) is 0. The lowest BCUT2D eigenvalue weighted by molar-refractivity contribution is -0.143. The third-order valence-corrected chi connectivity index (χ3v) is 17.3. The standard InChI is InChI=1S/C77H145NO5/c1-3-5-7-9-11-13-15-17-19-21-34-37-41-45-49-53-57-61-65-69-75(80)74(73-79)78-76(81)70-66-62-58-54-50-46-42-38-35-32-30-28-26-24-23-25-27-29-31-33-36-40-44-48-52-56-60-64-68-72-83-77(82)71-67-63-59-55-51-47-43-39-22-20-18-16-14-12-10-8-6-4-2/h14,16,20,22-23,25,65,69,74-75,79-80H,3-13,15,17-19,21,24,26-64,66-68,70-73H2,1-2H3,(H,78,81)/b16-14-,22-20-,25-23-,69-65+. The summed E-state index contributed by atoms with van der Waals surface area (Å²) < 4.78 is 5.50. The van der Waals surface area contributed by atoms with Crippen molar-refractivity contribution in [3.8, 4) is 0 Å². The average Bonchev–Trinajstić information content (AvgIpc) is 3.49. The zero-order valence-corrected chi connectivity index (χ0v) is 55.9. The van der Waals surface area contributed by atoms with Gasteiger partial charge < -0.3 is 20.3 Å². The van der Waals surface area contributed by atoms with Crippen molar-refractivity contribution in [2.45, 2.75) is 418 Å². The van der Waals surface area contributed by atoms with E-state index in [-0.39, 0.29) is 18.5 Å². The van der Waals surface area contributed by atoms with Gasteiger partial charge in [-0.15, -0.1) is 0 Å². The summed E-state index contributed by atoms with van der Waals surface area (Å²) in [5.74, 6) is -0.0549. The Morgan fingerprint density at radius 1 is 0.337 bits per heavy atom. The van der Waals surface area contributed by atoms with Gasteiger partial charge in [0.15, 0.2) is 0 Å². The zero-order valence-electron chi connectivity index (χ0n) is 55.9. The molecular weight excluding hydrogens is 1020 g/mol. The molecule has 1 amide bonds. The number of hydrogen-bond acceptors (Lipinski definition) is 5. The predicted molar refractivity (Wildman–Crippen MR) is 366 cm³/mol. The molecule has 6 nitrogen and oxygen atoms in total. The number of allylic oxidation sites excluding steroid dienone is 7. The van der Waals surface area contributed by atoms with Crippen molar-refractivity contribution in [1.82, 2.24) is 5.32 Å². The van der Waals surface area contributed by atoms with E-state index in [4.69, 9.17) is 4.74 Å². The topological polar surface area (TPSA) is 95.9 Å². The monoisotopic (exact) mass is 1160 g/mol. The first-order valence-corrected chi connectivity index (χ1v) is 37.4. The predicted octanol–water partition coefficient (Wildman–Crippen LogP) is 24.4. The lowest BCUT2D eigenvalue weighted by atomic mass is 10.0. The van der Waals surface area contributed by atoms with Gasteiger partial charge in [-0.1, -0.05) is 351 Å². The van der Waals surface area contributed by atoms with Gasteiger partial charge in [0.2, 0.25) is 5.91 Å². The molecule has 0 aromatic carbocycles. The maximum absolute atomic E-state index is 12.5. The summed E-state index contributed by atoms with van der Waals surface area (Å²) >= 11 is 0. The Bertz CT molecular complexity index is 1390. The summed E-state index contributed by atoms with van der Waals surface area (Å²) in [5, 5.41) is 23.2. The highest BCUT2D eigenvalue weighted by Crippen LogP contribution is 2.18. The minimum atomic E-state index is -0.845. The van der Waals surface area contributed by atoms with Gasteiger partial charge in [0.05, 0.1) is 25.4 Å². The van der Waals surface area contributed by atoms with Gasteiger partial charge in [-0.05, 0) is 89.9 Å². The fourth-order valence-electron chi connectivity index (χ4n) is 11.6. The molecule has 488 valence electrons. The summed E-state index contributed by atoms with van der Waals surface area (Å²) in [6.45, 7) is 4.92. The lowest BCUT2D eigenvalue weighted by Crippen LogP contribution is -2.45. The molecular formula is C77H145NO5. The van der Waals surface area contributed by atoms with E-state index in [1.54, 1.807) is 6.08 Å². The number of hydrogen-bond donors (Lipinski definition) is 3. The molecule has 0 aliphatic rings. The second-order valence-corrected chi connectivity index (χ2v) is 25.6. The Hall–Kier alpha value is -2.18. The quantitative estimate of drug-likeness (QED) is 0.0320.